The van der Waals surface area contributed by atoms with E-state index in [2.05, 4.69) is 4.99 Å². The van der Waals surface area contributed by atoms with E-state index in [1.807, 2.05) is 6.92 Å². The van der Waals surface area contributed by atoms with Crippen molar-refractivity contribution in [1.29, 1.82) is 0 Å². The van der Waals surface area contributed by atoms with Gasteiger partial charge in [-0.1, -0.05) is 6.92 Å². The molecule has 0 aromatic heterocycles. The van der Waals surface area contributed by atoms with Gasteiger partial charge in [0, 0.05) is 6.92 Å². The molecule has 0 aromatic carbocycles. The summed E-state index contributed by atoms with van der Waals surface area (Å²) in [5.74, 6) is -1.36. The van der Waals surface area contributed by atoms with Crippen LogP contribution >= 0.6 is 0 Å². The summed E-state index contributed by atoms with van der Waals surface area (Å²) < 4.78 is 4.84. The molecule has 0 aliphatic carbocycles. The molecule has 0 bridgehead atoms. The maximum Gasteiger partial charge on any atom is 0.332 e. The van der Waals surface area contributed by atoms with Gasteiger partial charge in [0.05, 0.1) is 5.71 Å². The zero-order valence-corrected chi connectivity index (χ0v) is 9.61. The van der Waals surface area contributed by atoms with E-state index >= 15 is 0 Å². The van der Waals surface area contributed by atoms with Gasteiger partial charge in [-0.25, -0.2) is 4.79 Å². The topological polar surface area (TPSA) is 76.0 Å². The van der Waals surface area contributed by atoms with Crippen LogP contribution in [0.5, 0.6) is 0 Å². The van der Waals surface area contributed by atoms with Gasteiger partial charge in [0.15, 0.2) is 6.04 Å². The highest BCUT2D eigenvalue weighted by atomic mass is 16.5. The standard InChI is InChI=1S/C11H15NO4/c1-4-8-6(2)10(11(14)15)12-9(8)5-16-7(3)13/h10H,4-5H2,1-3H3,(H,14,15)/t10-/m0/s1. The fourth-order valence-corrected chi connectivity index (χ4v) is 1.74. The summed E-state index contributed by atoms with van der Waals surface area (Å²) in [6, 6.07) is -0.819. The van der Waals surface area contributed by atoms with Crippen molar-refractivity contribution >= 4 is 17.7 Å². The fourth-order valence-electron chi connectivity index (χ4n) is 1.74. The third-order valence-corrected chi connectivity index (χ3v) is 2.52. The lowest BCUT2D eigenvalue weighted by Gasteiger charge is -2.05. The zero-order valence-electron chi connectivity index (χ0n) is 9.61. The van der Waals surface area contributed by atoms with E-state index in [1.54, 1.807) is 6.92 Å². The Labute approximate surface area is 93.8 Å². The lowest BCUT2D eigenvalue weighted by molar-refractivity contribution is -0.139. The van der Waals surface area contributed by atoms with E-state index < -0.39 is 18.0 Å². The highest BCUT2D eigenvalue weighted by molar-refractivity contribution is 6.07. The second kappa shape index (κ2) is 4.92. The van der Waals surface area contributed by atoms with Crippen LogP contribution in [0.25, 0.3) is 0 Å². The third kappa shape index (κ3) is 2.48. The molecule has 0 radical (unpaired) electrons. The number of carbonyl (C=O) groups is 2. The molecule has 0 spiro atoms. The molecule has 0 saturated carbocycles. The molecule has 0 aromatic rings. The van der Waals surface area contributed by atoms with E-state index in [4.69, 9.17) is 9.84 Å². The van der Waals surface area contributed by atoms with Crippen LogP contribution in [-0.4, -0.2) is 35.4 Å². The molecule has 1 N–H and O–H groups in total. The lowest BCUT2D eigenvalue weighted by atomic mass is 10.0. The Morgan fingerprint density at radius 3 is 2.56 bits per heavy atom. The fraction of sp³-hybridized carbons (Fsp3) is 0.545. The number of carboxylic acids is 1. The first kappa shape index (κ1) is 12.4. The van der Waals surface area contributed by atoms with Gasteiger partial charge in [-0.3, -0.25) is 9.79 Å². The van der Waals surface area contributed by atoms with E-state index in [1.165, 1.54) is 6.92 Å². The predicted molar refractivity (Wildman–Crippen MR) is 58.5 cm³/mol. The predicted octanol–water partition coefficient (Wildman–Crippen LogP) is 1.18. The van der Waals surface area contributed by atoms with E-state index in [0.29, 0.717) is 12.1 Å². The lowest BCUT2D eigenvalue weighted by Crippen LogP contribution is -2.17. The summed E-state index contributed by atoms with van der Waals surface area (Å²) in [5.41, 5.74) is 2.19. The number of aliphatic carboxylic acids is 1. The molecule has 16 heavy (non-hydrogen) atoms. The average Bonchev–Trinajstić information content (AvgIpc) is 2.51. The molecule has 1 rings (SSSR count). The summed E-state index contributed by atoms with van der Waals surface area (Å²) in [4.78, 5) is 25.6. The first-order chi connectivity index (χ1) is 7.47. The number of ether oxygens (including phenoxy) is 1. The zero-order chi connectivity index (χ0) is 12.3. The summed E-state index contributed by atoms with van der Waals surface area (Å²) in [6.07, 6.45) is 0.690. The van der Waals surface area contributed by atoms with E-state index in [9.17, 15) is 9.59 Å². The normalized spacial score (nSPS) is 19.7. The highest BCUT2D eigenvalue weighted by Gasteiger charge is 2.29. The minimum absolute atomic E-state index is 0.0552. The number of hydrogen-bond acceptors (Lipinski definition) is 4. The molecule has 1 atom stereocenters. The molecule has 1 aliphatic rings. The summed E-state index contributed by atoms with van der Waals surface area (Å²) in [6.45, 7) is 5.04. The van der Waals surface area contributed by atoms with Crippen LogP contribution < -0.4 is 0 Å². The first-order valence-corrected chi connectivity index (χ1v) is 5.10. The van der Waals surface area contributed by atoms with Crippen molar-refractivity contribution in [1.82, 2.24) is 0 Å². The first-order valence-electron chi connectivity index (χ1n) is 5.10. The molecule has 5 nitrogen and oxygen atoms in total. The summed E-state index contributed by atoms with van der Waals surface area (Å²) >= 11 is 0. The molecule has 88 valence electrons. The molecule has 5 heteroatoms. The molecule has 1 aliphatic heterocycles. The Bertz CT molecular complexity index is 381. The molecular weight excluding hydrogens is 210 g/mol. The Morgan fingerprint density at radius 2 is 2.12 bits per heavy atom. The van der Waals surface area contributed by atoms with Crippen molar-refractivity contribution in [2.24, 2.45) is 4.99 Å². The molecule has 0 saturated heterocycles. The van der Waals surface area contributed by atoms with Crippen molar-refractivity contribution in [2.45, 2.75) is 33.2 Å². The molecule has 1 heterocycles. The Balaban J connectivity index is 2.87. The van der Waals surface area contributed by atoms with E-state index in [0.717, 1.165) is 11.1 Å². The summed E-state index contributed by atoms with van der Waals surface area (Å²) in [5, 5.41) is 8.94. The van der Waals surface area contributed by atoms with Crippen molar-refractivity contribution < 1.29 is 19.4 Å². The number of carboxylic acid groups (broad SMARTS) is 1. The number of hydrogen-bond donors (Lipinski definition) is 1. The second-order valence-electron chi connectivity index (χ2n) is 3.61. The number of carbonyl (C=O) groups excluding carboxylic acids is 1. The number of nitrogens with zero attached hydrogens (tertiary/aromatic N) is 1. The molecule has 0 fully saturated rings. The van der Waals surface area contributed by atoms with Crippen LogP contribution in [0.2, 0.25) is 0 Å². The molecular formula is C11H15NO4. The Morgan fingerprint density at radius 1 is 1.50 bits per heavy atom. The van der Waals surface area contributed by atoms with Gasteiger partial charge in [-0.15, -0.1) is 0 Å². The van der Waals surface area contributed by atoms with Crippen molar-refractivity contribution in [3.8, 4) is 0 Å². The number of esters is 1. The van der Waals surface area contributed by atoms with Gasteiger partial charge in [0.1, 0.15) is 6.61 Å². The van der Waals surface area contributed by atoms with Gasteiger partial charge in [0.2, 0.25) is 0 Å². The largest absolute Gasteiger partial charge is 0.479 e. The van der Waals surface area contributed by atoms with Crippen molar-refractivity contribution in [3.05, 3.63) is 11.1 Å². The Hall–Kier alpha value is -1.65. The smallest absolute Gasteiger partial charge is 0.332 e. The molecule has 0 amide bonds. The van der Waals surface area contributed by atoms with Crippen LogP contribution in [0.1, 0.15) is 27.2 Å². The van der Waals surface area contributed by atoms with Crippen LogP contribution in [0.4, 0.5) is 0 Å². The monoisotopic (exact) mass is 225 g/mol. The highest BCUT2D eigenvalue weighted by Crippen LogP contribution is 2.24. The van der Waals surface area contributed by atoms with Crippen molar-refractivity contribution in [3.63, 3.8) is 0 Å². The third-order valence-electron chi connectivity index (χ3n) is 2.52. The van der Waals surface area contributed by atoms with Gasteiger partial charge in [-0.05, 0) is 24.5 Å². The average molecular weight is 225 g/mol. The van der Waals surface area contributed by atoms with E-state index in [-0.39, 0.29) is 6.61 Å². The van der Waals surface area contributed by atoms with Crippen molar-refractivity contribution in [2.75, 3.05) is 6.61 Å². The number of aliphatic imine (C=N–C) groups is 1. The SMILES string of the molecule is CCC1=C(C)[C@@H](C(=O)O)N=C1COC(C)=O. The summed E-state index contributed by atoms with van der Waals surface area (Å²) in [7, 11) is 0. The van der Waals surface area contributed by atoms with Gasteiger partial charge in [-0.2, -0.15) is 0 Å². The minimum Gasteiger partial charge on any atom is -0.479 e. The van der Waals surface area contributed by atoms with Crippen LogP contribution in [0.15, 0.2) is 16.1 Å². The second-order valence-corrected chi connectivity index (χ2v) is 3.61. The van der Waals surface area contributed by atoms with Gasteiger partial charge >= 0.3 is 11.9 Å². The van der Waals surface area contributed by atoms with Crippen LogP contribution in [0, 0.1) is 0 Å². The van der Waals surface area contributed by atoms with Crippen LogP contribution in [0.3, 0.4) is 0 Å². The maximum atomic E-state index is 10.9. The Kier molecular flexibility index (Phi) is 3.82. The van der Waals surface area contributed by atoms with Gasteiger partial charge in [0.25, 0.3) is 0 Å². The van der Waals surface area contributed by atoms with Crippen LogP contribution in [-0.2, 0) is 14.3 Å². The maximum absolute atomic E-state index is 10.9. The molecule has 0 unspecified atom stereocenters. The minimum atomic E-state index is -0.971. The van der Waals surface area contributed by atoms with Gasteiger partial charge < -0.3 is 9.84 Å². The quantitative estimate of drug-likeness (QED) is 0.729. The number of rotatable bonds is 4.